The zero-order valence-corrected chi connectivity index (χ0v) is 20.5. The molecular formula is C28H31FN6O. The SMILES string of the molecule is CC1C2CCC(CC2)C1Nc1cc(-c2ccc(N3CCCC3)o2)nc(-c2c[nH]c3ncc(F)cc23)n1. The number of pyridine rings is 1. The van der Waals surface area contributed by atoms with Crippen molar-refractivity contribution in [2.75, 3.05) is 23.3 Å². The van der Waals surface area contributed by atoms with Gasteiger partial charge in [-0.3, -0.25) is 0 Å². The van der Waals surface area contributed by atoms with Gasteiger partial charge in [-0.25, -0.2) is 19.3 Å². The van der Waals surface area contributed by atoms with Gasteiger partial charge in [-0.1, -0.05) is 6.92 Å². The summed E-state index contributed by atoms with van der Waals surface area (Å²) < 4.78 is 20.3. The summed E-state index contributed by atoms with van der Waals surface area (Å²) in [4.78, 5) is 19.4. The molecule has 0 spiro atoms. The Balaban J connectivity index is 1.30. The van der Waals surface area contributed by atoms with Crippen LogP contribution in [0.25, 0.3) is 33.9 Å². The maximum absolute atomic E-state index is 14.1. The van der Waals surface area contributed by atoms with E-state index >= 15 is 0 Å². The zero-order valence-electron chi connectivity index (χ0n) is 20.5. The fourth-order valence-electron chi connectivity index (χ4n) is 6.68. The summed E-state index contributed by atoms with van der Waals surface area (Å²) in [5.74, 6) is 4.59. The van der Waals surface area contributed by atoms with E-state index in [1.54, 1.807) is 0 Å². The molecular weight excluding hydrogens is 455 g/mol. The molecule has 36 heavy (non-hydrogen) atoms. The van der Waals surface area contributed by atoms with Crippen LogP contribution in [0.1, 0.15) is 45.4 Å². The summed E-state index contributed by atoms with van der Waals surface area (Å²) in [5, 5.41) is 4.46. The van der Waals surface area contributed by atoms with Crippen LogP contribution >= 0.6 is 0 Å². The Morgan fingerprint density at radius 1 is 1.06 bits per heavy atom. The minimum atomic E-state index is -0.383. The first-order valence-electron chi connectivity index (χ1n) is 13.3. The maximum atomic E-state index is 14.1. The topological polar surface area (TPSA) is 82.9 Å². The van der Waals surface area contributed by atoms with E-state index in [0.29, 0.717) is 40.5 Å². The molecule has 3 aliphatic carbocycles. The predicted octanol–water partition coefficient (Wildman–Crippen LogP) is 6.26. The van der Waals surface area contributed by atoms with Crippen molar-refractivity contribution < 1.29 is 8.81 Å². The number of hydrogen-bond acceptors (Lipinski definition) is 6. The second kappa shape index (κ2) is 8.61. The average Bonchev–Trinajstić information content (AvgIpc) is 3.67. The quantitative estimate of drug-likeness (QED) is 0.347. The highest BCUT2D eigenvalue weighted by atomic mass is 19.1. The van der Waals surface area contributed by atoms with Crippen LogP contribution in [0.15, 0.2) is 41.1 Å². The summed E-state index contributed by atoms with van der Waals surface area (Å²) in [6.45, 7) is 4.41. The summed E-state index contributed by atoms with van der Waals surface area (Å²) in [6.07, 6.45) is 10.6. The van der Waals surface area contributed by atoms with Gasteiger partial charge in [0, 0.05) is 48.4 Å². The van der Waals surface area contributed by atoms with Crippen molar-refractivity contribution in [1.29, 1.82) is 0 Å². The van der Waals surface area contributed by atoms with Crippen molar-refractivity contribution in [2.24, 2.45) is 17.8 Å². The van der Waals surface area contributed by atoms with Crippen LogP contribution in [0.4, 0.5) is 16.1 Å². The molecule has 0 radical (unpaired) electrons. The van der Waals surface area contributed by atoms with Crippen LogP contribution in [0, 0.1) is 23.6 Å². The normalized spacial score (nSPS) is 25.7. The molecule has 0 amide bonds. The van der Waals surface area contributed by atoms with E-state index in [2.05, 4.69) is 27.1 Å². The van der Waals surface area contributed by atoms with Crippen molar-refractivity contribution in [3.63, 3.8) is 0 Å². The van der Waals surface area contributed by atoms with Gasteiger partial charge in [0.1, 0.15) is 23.0 Å². The molecule has 4 aromatic heterocycles. The van der Waals surface area contributed by atoms with E-state index in [0.717, 1.165) is 42.0 Å². The third-order valence-electron chi connectivity index (χ3n) is 8.68. The number of aromatic amines is 1. The number of aromatic nitrogens is 4. The standard InChI is InChI=1S/C28H31FN6O/c1-16-17-4-6-18(7-5-17)26(16)33-24-13-22(23-8-9-25(36-23)35-10-2-3-11-35)32-28(34-24)21-15-31-27-20(21)12-19(29)14-30-27/h8-9,12-18,26H,2-7,10-11H2,1H3,(H,30,31)(H,32,33,34). The van der Waals surface area contributed by atoms with Gasteiger partial charge in [0.05, 0.1) is 6.20 Å². The molecule has 2 bridgehead atoms. The number of rotatable bonds is 5. The predicted molar refractivity (Wildman–Crippen MR) is 138 cm³/mol. The number of nitrogens with one attached hydrogen (secondary N) is 2. The first kappa shape index (κ1) is 21.8. The Labute approximate surface area is 209 Å². The number of anilines is 2. The van der Waals surface area contributed by atoms with E-state index in [9.17, 15) is 4.39 Å². The van der Waals surface area contributed by atoms with Crippen LogP contribution in [0.3, 0.4) is 0 Å². The van der Waals surface area contributed by atoms with Gasteiger partial charge in [0.25, 0.3) is 0 Å². The molecule has 4 fully saturated rings. The Morgan fingerprint density at radius 2 is 1.86 bits per heavy atom. The summed E-state index contributed by atoms with van der Waals surface area (Å²) in [5.41, 5.74) is 2.06. The molecule has 8 heteroatoms. The summed E-state index contributed by atoms with van der Waals surface area (Å²) >= 11 is 0. The number of hydrogen-bond donors (Lipinski definition) is 2. The van der Waals surface area contributed by atoms with E-state index in [1.807, 2.05) is 24.4 Å². The van der Waals surface area contributed by atoms with Gasteiger partial charge < -0.3 is 19.6 Å². The smallest absolute Gasteiger partial charge is 0.196 e. The van der Waals surface area contributed by atoms with Crippen LogP contribution in [0.2, 0.25) is 0 Å². The highest BCUT2D eigenvalue weighted by Gasteiger charge is 2.41. The lowest BCUT2D eigenvalue weighted by molar-refractivity contribution is 0.0928. The molecule has 8 rings (SSSR count). The summed E-state index contributed by atoms with van der Waals surface area (Å²) in [6, 6.07) is 7.90. The maximum Gasteiger partial charge on any atom is 0.196 e. The molecule has 1 saturated heterocycles. The Hall–Kier alpha value is -3.42. The Kier molecular flexibility index (Phi) is 5.22. The molecule has 4 aromatic rings. The van der Waals surface area contributed by atoms with Gasteiger partial charge >= 0.3 is 0 Å². The van der Waals surface area contributed by atoms with Crippen molar-refractivity contribution in [1.82, 2.24) is 19.9 Å². The van der Waals surface area contributed by atoms with Gasteiger partial charge in [0.2, 0.25) is 0 Å². The molecule has 5 heterocycles. The number of furan rings is 1. The van der Waals surface area contributed by atoms with Crippen molar-refractivity contribution in [3.8, 4) is 22.8 Å². The molecule has 2 atom stereocenters. The largest absolute Gasteiger partial charge is 0.439 e. The lowest BCUT2D eigenvalue weighted by atomic mass is 9.62. The van der Waals surface area contributed by atoms with Crippen LogP contribution in [-0.4, -0.2) is 39.1 Å². The Bertz CT molecular complexity index is 1400. The third-order valence-corrected chi connectivity index (χ3v) is 8.68. The summed E-state index contributed by atoms with van der Waals surface area (Å²) in [7, 11) is 0. The molecule has 186 valence electrons. The van der Waals surface area contributed by atoms with Crippen LogP contribution < -0.4 is 10.2 Å². The average molecular weight is 487 g/mol. The van der Waals surface area contributed by atoms with E-state index < -0.39 is 0 Å². The van der Waals surface area contributed by atoms with Crippen molar-refractivity contribution in [2.45, 2.75) is 51.5 Å². The Morgan fingerprint density at radius 3 is 2.67 bits per heavy atom. The van der Waals surface area contributed by atoms with Gasteiger partial charge in [-0.2, -0.15) is 0 Å². The van der Waals surface area contributed by atoms with Crippen LogP contribution in [0.5, 0.6) is 0 Å². The fourth-order valence-corrected chi connectivity index (χ4v) is 6.68. The number of fused-ring (bicyclic) bond motifs is 4. The van der Waals surface area contributed by atoms with Gasteiger partial charge in [-0.05, 0) is 68.4 Å². The van der Waals surface area contributed by atoms with Crippen molar-refractivity contribution in [3.05, 3.63) is 42.5 Å². The molecule has 1 aliphatic heterocycles. The fraction of sp³-hybridized carbons (Fsp3) is 0.464. The minimum Gasteiger partial charge on any atom is -0.439 e. The molecule has 4 aliphatic rings. The third kappa shape index (κ3) is 3.74. The number of H-pyrrole nitrogens is 1. The highest BCUT2D eigenvalue weighted by Crippen LogP contribution is 2.46. The second-order valence-electron chi connectivity index (χ2n) is 10.8. The van der Waals surface area contributed by atoms with E-state index in [-0.39, 0.29) is 5.82 Å². The molecule has 2 unspecified atom stereocenters. The van der Waals surface area contributed by atoms with Crippen molar-refractivity contribution >= 4 is 22.7 Å². The first-order valence-corrected chi connectivity index (χ1v) is 13.3. The monoisotopic (exact) mass is 486 g/mol. The second-order valence-corrected chi connectivity index (χ2v) is 10.8. The van der Waals surface area contributed by atoms with Gasteiger partial charge in [-0.15, -0.1) is 0 Å². The lowest BCUT2D eigenvalue weighted by Crippen LogP contribution is -2.47. The van der Waals surface area contributed by atoms with Crippen LogP contribution in [-0.2, 0) is 0 Å². The van der Waals surface area contributed by atoms with E-state index in [1.165, 1.54) is 50.8 Å². The molecule has 0 aromatic carbocycles. The zero-order chi connectivity index (χ0) is 24.2. The molecule has 7 nitrogen and oxygen atoms in total. The highest BCUT2D eigenvalue weighted by molar-refractivity contribution is 5.92. The number of halogens is 1. The lowest BCUT2D eigenvalue weighted by Gasteiger charge is -2.47. The molecule has 2 N–H and O–H groups in total. The van der Waals surface area contributed by atoms with Gasteiger partial charge in [0.15, 0.2) is 17.5 Å². The number of nitrogens with zero attached hydrogens (tertiary/aromatic N) is 4. The van der Waals surface area contributed by atoms with E-state index in [4.69, 9.17) is 14.4 Å². The molecule has 3 saturated carbocycles. The first-order chi connectivity index (χ1) is 17.6. The minimum absolute atomic E-state index is 0.383.